The van der Waals surface area contributed by atoms with Gasteiger partial charge in [0.15, 0.2) is 11.2 Å². The van der Waals surface area contributed by atoms with E-state index < -0.39 is 5.69 Å². The van der Waals surface area contributed by atoms with Gasteiger partial charge in [0.2, 0.25) is 0 Å². The fourth-order valence-electron chi connectivity index (χ4n) is 2.68. The van der Waals surface area contributed by atoms with Crippen LogP contribution in [0.15, 0.2) is 39.9 Å². The lowest BCUT2D eigenvalue weighted by atomic mass is 10.1. The summed E-state index contributed by atoms with van der Waals surface area (Å²) in [5.74, 6) is 0. The molecule has 23 heavy (non-hydrogen) atoms. The average Bonchev–Trinajstić information content (AvgIpc) is 2.96. The van der Waals surface area contributed by atoms with Crippen LogP contribution in [0.1, 0.15) is 5.56 Å². The summed E-state index contributed by atoms with van der Waals surface area (Å²) in [6.45, 7) is 0.539. The van der Waals surface area contributed by atoms with Gasteiger partial charge in [0.25, 0.3) is 11.6 Å². The zero-order valence-corrected chi connectivity index (χ0v) is 13.3. The lowest BCUT2D eigenvalue weighted by molar-refractivity contribution is 0.359. The van der Waals surface area contributed by atoms with Crippen molar-refractivity contribution in [3.05, 3.63) is 56.7 Å². The van der Waals surface area contributed by atoms with Gasteiger partial charge in [-0.25, -0.2) is 4.79 Å². The first-order valence-electron chi connectivity index (χ1n) is 7.28. The standard InChI is InChI=1S/C16H18N4O3/c1-18-13-12(14(21)19(2)16(18)22)20(15(17-13)23-3)10-9-11-7-5-4-6-8-11/h4-8H,9-10H2,1-3H3. The Kier molecular flexibility index (Phi) is 3.77. The lowest BCUT2D eigenvalue weighted by Crippen LogP contribution is -2.37. The summed E-state index contributed by atoms with van der Waals surface area (Å²) < 4.78 is 9.47. The van der Waals surface area contributed by atoms with Gasteiger partial charge in [-0.2, -0.15) is 4.98 Å². The highest BCUT2D eigenvalue weighted by Crippen LogP contribution is 2.18. The van der Waals surface area contributed by atoms with E-state index in [-0.39, 0.29) is 5.56 Å². The second-order valence-corrected chi connectivity index (χ2v) is 5.36. The number of hydrogen-bond donors (Lipinski definition) is 0. The van der Waals surface area contributed by atoms with E-state index in [9.17, 15) is 9.59 Å². The molecule has 0 aliphatic carbocycles. The van der Waals surface area contributed by atoms with Crippen molar-refractivity contribution in [2.75, 3.05) is 7.11 Å². The van der Waals surface area contributed by atoms with Crippen molar-refractivity contribution in [1.82, 2.24) is 18.7 Å². The van der Waals surface area contributed by atoms with Crippen LogP contribution < -0.4 is 16.0 Å². The molecule has 0 amide bonds. The predicted molar refractivity (Wildman–Crippen MR) is 86.9 cm³/mol. The van der Waals surface area contributed by atoms with Gasteiger partial charge < -0.3 is 4.74 Å². The van der Waals surface area contributed by atoms with Crippen molar-refractivity contribution in [3.63, 3.8) is 0 Å². The Morgan fingerprint density at radius 1 is 1.09 bits per heavy atom. The molecule has 0 atom stereocenters. The molecular weight excluding hydrogens is 296 g/mol. The summed E-state index contributed by atoms with van der Waals surface area (Å²) in [6, 6.07) is 10.3. The molecule has 0 aliphatic rings. The summed E-state index contributed by atoms with van der Waals surface area (Å²) in [7, 11) is 4.56. The van der Waals surface area contributed by atoms with Gasteiger partial charge in [0.05, 0.1) is 7.11 Å². The maximum absolute atomic E-state index is 12.5. The Labute approximate surface area is 132 Å². The van der Waals surface area contributed by atoms with Gasteiger partial charge in [-0.05, 0) is 12.0 Å². The van der Waals surface area contributed by atoms with E-state index in [2.05, 4.69) is 4.98 Å². The van der Waals surface area contributed by atoms with Gasteiger partial charge >= 0.3 is 5.69 Å². The Balaban J connectivity index is 2.15. The number of rotatable bonds is 4. The molecule has 0 saturated heterocycles. The van der Waals surface area contributed by atoms with E-state index in [0.717, 1.165) is 16.6 Å². The molecule has 3 rings (SSSR count). The highest BCUT2D eigenvalue weighted by molar-refractivity contribution is 5.71. The average molecular weight is 314 g/mol. The number of benzene rings is 1. The van der Waals surface area contributed by atoms with Crippen LogP contribution in [0.25, 0.3) is 11.2 Å². The smallest absolute Gasteiger partial charge is 0.332 e. The zero-order chi connectivity index (χ0) is 16.6. The third kappa shape index (κ3) is 2.44. The van der Waals surface area contributed by atoms with Gasteiger partial charge in [-0.1, -0.05) is 30.3 Å². The molecule has 0 aliphatic heterocycles. The number of imidazole rings is 1. The molecule has 0 saturated carbocycles. The Bertz CT molecular complexity index is 967. The Morgan fingerprint density at radius 3 is 2.43 bits per heavy atom. The monoisotopic (exact) mass is 314 g/mol. The van der Waals surface area contributed by atoms with Gasteiger partial charge in [0, 0.05) is 20.6 Å². The van der Waals surface area contributed by atoms with E-state index in [1.54, 1.807) is 11.6 Å². The summed E-state index contributed by atoms with van der Waals surface area (Å²) in [5, 5.41) is 0. The minimum atomic E-state index is -0.405. The largest absolute Gasteiger partial charge is 0.468 e. The van der Waals surface area contributed by atoms with Crippen molar-refractivity contribution < 1.29 is 4.74 Å². The summed E-state index contributed by atoms with van der Waals surface area (Å²) in [5.41, 5.74) is 1.09. The van der Waals surface area contributed by atoms with Crippen LogP contribution in [-0.4, -0.2) is 25.8 Å². The van der Waals surface area contributed by atoms with E-state index >= 15 is 0 Å². The fraction of sp³-hybridized carbons (Fsp3) is 0.312. The van der Waals surface area contributed by atoms with Crippen LogP contribution in [0.3, 0.4) is 0 Å². The van der Waals surface area contributed by atoms with Crippen LogP contribution in [0.2, 0.25) is 0 Å². The SMILES string of the molecule is COc1nc2c(c(=O)n(C)c(=O)n2C)n1CCc1ccccc1. The third-order valence-electron chi connectivity index (χ3n) is 3.96. The molecule has 2 heterocycles. The number of ether oxygens (including phenoxy) is 1. The maximum Gasteiger partial charge on any atom is 0.332 e. The van der Waals surface area contributed by atoms with Crippen LogP contribution >= 0.6 is 0 Å². The molecule has 120 valence electrons. The number of aryl methyl sites for hydroxylation is 3. The van der Waals surface area contributed by atoms with E-state index in [0.29, 0.717) is 23.7 Å². The first kappa shape index (κ1) is 15.1. The van der Waals surface area contributed by atoms with Gasteiger partial charge in [-0.15, -0.1) is 0 Å². The van der Waals surface area contributed by atoms with Crippen LogP contribution in [0.5, 0.6) is 6.01 Å². The molecule has 0 spiro atoms. The third-order valence-corrected chi connectivity index (χ3v) is 3.96. The minimum absolute atomic E-state index is 0.328. The number of nitrogens with zero attached hydrogens (tertiary/aromatic N) is 4. The lowest BCUT2D eigenvalue weighted by Gasteiger charge is -2.08. The second-order valence-electron chi connectivity index (χ2n) is 5.36. The molecule has 0 bridgehead atoms. The fourth-order valence-corrected chi connectivity index (χ4v) is 2.68. The van der Waals surface area contributed by atoms with Gasteiger partial charge in [0.1, 0.15) is 0 Å². The van der Waals surface area contributed by atoms with Crippen molar-refractivity contribution in [2.45, 2.75) is 13.0 Å². The van der Waals surface area contributed by atoms with E-state index in [4.69, 9.17) is 4.74 Å². The van der Waals surface area contributed by atoms with Crippen molar-refractivity contribution in [2.24, 2.45) is 14.1 Å². The Hall–Kier alpha value is -2.83. The topological polar surface area (TPSA) is 71.1 Å². The second kappa shape index (κ2) is 5.75. The van der Waals surface area contributed by atoms with Gasteiger partial charge in [-0.3, -0.25) is 18.5 Å². The first-order chi connectivity index (χ1) is 11.0. The first-order valence-corrected chi connectivity index (χ1v) is 7.28. The molecule has 7 heteroatoms. The van der Waals surface area contributed by atoms with Crippen molar-refractivity contribution in [3.8, 4) is 6.01 Å². The number of fused-ring (bicyclic) bond motifs is 1. The highest BCUT2D eigenvalue weighted by Gasteiger charge is 2.19. The highest BCUT2D eigenvalue weighted by atomic mass is 16.5. The number of hydrogen-bond acceptors (Lipinski definition) is 4. The number of aromatic nitrogens is 4. The molecule has 2 aromatic heterocycles. The maximum atomic E-state index is 12.5. The molecule has 0 unspecified atom stereocenters. The Morgan fingerprint density at radius 2 is 1.78 bits per heavy atom. The normalized spacial score (nSPS) is 11.1. The summed E-state index contributed by atoms with van der Waals surface area (Å²) >= 11 is 0. The molecule has 1 aromatic carbocycles. The van der Waals surface area contributed by atoms with Crippen LogP contribution in [0, 0.1) is 0 Å². The molecule has 0 N–H and O–H groups in total. The predicted octanol–water partition coefficient (Wildman–Crippen LogP) is 0.685. The summed E-state index contributed by atoms with van der Waals surface area (Å²) in [4.78, 5) is 28.8. The van der Waals surface area contributed by atoms with E-state index in [1.807, 2.05) is 30.3 Å². The minimum Gasteiger partial charge on any atom is -0.468 e. The van der Waals surface area contributed by atoms with Crippen LogP contribution in [-0.2, 0) is 27.1 Å². The number of methoxy groups -OCH3 is 1. The van der Waals surface area contributed by atoms with Crippen molar-refractivity contribution >= 4 is 11.2 Å². The van der Waals surface area contributed by atoms with E-state index in [1.165, 1.54) is 18.7 Å². The molecule has 7 nitrogen and oxygen atoms in total. The molecule has 3 aromatic rings. The molecule has 0 fully saturated rings. The quantitative estimate of drug-likeness (QED) is 0.710. The molecular formula is C16H18N4O3. The molecule has 0 radical (unpaired) electrons. The zero-order valence-electron chi connectivity index (χ0n) is 13.3. The van der Waals surface area contributed by atoms with Crippen molar-refractivity contribution in [1.29, 1.82) is 0 Å². The van der Waals surface area contributed by atoms with Crippen LogP contribution in [0.4, 0.5) is 0 Å². The summed E-state index contributed by atoms with van der Waals surface area (Å²) in [6.07, 6.45) is 0.731.